The van der Waals surface area contributed by atoms with Crippen molar-refractivity contribution in [3.8, 4) is 0 Å². The Labute approximate surface area is 125 Å². The largest absolute Gasteiger partial charge is 0.480 e. The summed E-state index contributed by atoms with van der Waals surface area (Å²) in [7, 11) is 0. The SMILES string of the molecule is CSCCC(NC(=O)Nc1cccc([N+](=O)[O-])c1)C(=O)O. The molecule has 2 amide bonds. The molecule has 0 bridgehead atoms. The standard InChI is InChI=1S/C12H15N3O5S/c1-21-6-5-10(11(16)17)14-12(18)13-8-3-2-4-9(7-8)15(19)20/h2-4,7,10H,5-6H2,1H3,(H,16,17)(H2,13,14,18). The Bertz CT molecular complexity index is 537. The lowest BCUT2D eigenvalue weighted by Crippen LogP contribution is -2.43. The molecule has 0 radical (unpaired) electrons. The van der Waals surface area contributed by atoms with Crippen molar-refractivity contribution < 1.29 is 19.6 Å². The van der Waals surface area contributed by atoms with Crippen LogP contribution in [0.2, 0.25) is 0 Å². The number of hydrogen-bond acceptors (Lipinski definition) is 5. The summed E-state index contributed by atoms with van der Waals surface area (Å²) in [5.41, 5.74) is 0.0562. The third-order valence-electron chi connectivity index (χ3n) is 2.53. The summed E-state index contributed by atoms with van der Waals surface area (Å²) in [5.74, 6) is -0.535. The number of nitrogens with one attached hydrogen (secondary N) is 2. The highest BCUT2D eigenvalue weighted by atomic mass is 32.2. The highest BCUT2D eigenvalue weighted by Crippen LogP contribution is 2.16. The number of nitrogens with zero attached hydrogens (tertiary/aromatic N) is 1. The Morgan fingerprint density at radius 1 is 1.48 bits per heavy atom. The Kier molecular flexibility index (Phi) is 6.47. The molecular weight excluding hydrogens is 298 g/mol. The highest BCUT2D eigenvalue weighted by molar-refractivity contribution is 7.98. The molecule has 0 saturated heterocycles. The number of aliphatic carboxylic acids is 1. The molecule has 1 atom stereocenters. The van der Waals surface area contributed by atoms with Crippen molar-refractivity contribution in [1.82, 2.24) is 5.32 Å². The van der Waals surface area contributed by atoms with E-state index in [0.29, 0.717) is 12.2 Å². The van der Waals surface area contributed by atoms with Crippen molar-refractivity contribution in [1.29, 1.82) is 0 Å². The van der Waals surface area contributed by atoms with Gasteiger partial charge in [0.15, 0.2) is 0 Å². The van der Waals surface area contributed by atoms with Crippen LogP contribution in [-0.4, -0.2) is 40.1 Å². The van der Waals surface area contributed by atoms with E-state index in [0.717, 1.165) is 0 Å². The van der Waals surface area contributed by atoms with Gasteiger partial charge < -0.3 is 15.7 Å². The lowest BCUT2D eigenvalue weighted by molar-refractivity contribution is -0.384. The molecule has 8 nitrogen and oxygen atoms in total. The maximum Gasteiger partial charge on any atom is 0.326 e. The van der Waals surface area contributed by atoms with Gasteiger partial charge in [0.05, 0.1) is 4.92 Å². The van der Waals surface area contributed by atoms with Crippen LogP contribution in [0.3, 0.4) is 0 Å². The topological polar surface area (TPSA) is 122 Å². The molecule has 0 aliphatic heterocycles. The number of amides is 2. The van der Waals surface area contributed by atoms with Crippen LogP contribution in [0.4, 0.5) is 16.2 Å². The van der Waals surface area contributed by atoms with Crippen LogP contribution in [0, 0.1) is 10.1 Å². The zero-order chi connectivity index (χ0) is 15.8. The van der Waals surface area contributed by atoms with Crippen LogP contribution in [0.5, 0.6) is 0 Å². The number of carboxylic acids is 1. The van der Waals surface area contributed by atoms with E-state index in [9.17, 15) is 19.7 Å². The molecule has 1 unspecified atom stereocenters. The van der Waals surface area contributed by atoms with Crippen molar-refractivity contribution in [3.63, 3.8) is 0 Å². The van der Waals surface area contributed by atoms with Crippen LogP contribution < -0.4 is 10.6 Å². The van der Waals surface area contributed by atoms with Crippen LogP contribution in [0.25, 0.3) is 0 Å². The number of urea groups is 1. The average Bonchev–Trinajstić information content (AvgIpc) is 2.43. The fourth-order valence-electron chi connectivity index (χ4n) is 1.52. The predicted molar refractivity (Wildman–Crippen MR) is 79.7 cm³/mol. The van der Waals surface area contributed by atoms with E-state index >= 15 is 0 Å². The zero-order valence-electron chi connectivity index (χ0n) is 11.2. The average molecular weight is 313 g/mol. The van der Waals surface area contributed by atoms with Gasteiger partial charge in [-0.05, 0) is 24.5 Å². The first-order valence-corrected chi connectivity index (χ1v) is 7.37. The first-order chi connectivity index (χ1) is 9.93. The number of hydrogen-bond donors (Lipinski definition) is 3. The van der Waals surface area contributed by atoms with E-state index in [4.69, 9.17) is 5.11 Å². The molecule has 0 fully saturated rings. The van der Waals surface area contributed by atoms with Crippen molar-refractivity contribution in [2.45, 2.75) is 12.5 Å². The third-order valence-corrected chi connectivity index (χ3v) is 3.17. The van der Waals surface area contributed by atoms with Gasteiger partial charge in [-0.1, -0.05) is 6.07 Å². The third kappa shape index (κ3) is 5.69. The molecule has 0 saturated carbocycles. The van der Waals surface area contributed by atoms with E-state index in [1.165, 1.54) is 36.0 Å². The summed E-state index contributed by atoms with van der Waals surface area (Å²) in [5, 5.41) is 24.3. The fourth-order valence-corrected chi connectivity index (χ4v) is 1.99. The van der Waals surface area contributed by atoms with E-state index in [1.807, 2.05) is 6.26 Å². The molecule has 1 aromatic rings. The minimum absolute atomic E-state index is 0.162. The van der Waals surface area contributed by atoms with Crippen LogP contribution in [0.1, 0.15) is 6.42 Å². The number of nitro benzene ring substituents is 1. The molecule has 21 heavy (non-hydrogen) atoms. The lowest BCUT2D eigenvalue weighted by Gasteiger charge is -2.14. The Hall–Kier alpha value is -2.29. The van der Waals surface area contributed by atoms with Gasteiger partial charge in [-0.15, -0.1) is 0 Å². The molecule has 114 valence electrons. The van der Waals surface area contributed by atoms with E-state index in [1.54, 1.807) is 0 Å². The second-order valence-corrected chi connectivity index (χ2v) is 5.06. The van der Waals surface area contributed by atoms with Gasteiger partial charge in [0.25, 0.3) is 5.69 Å². The van der Waals surface area contributed by atoms with Crippen LogP contribution >= 0.6 is 11.8 Å². The highest BCUT2D eigenvalue weighted by Gasteiger charge is 2.19. The number of non-ortho nitro benzene ring substituents is 1. The van der Waals surface area contributed by atoms with Crippen LogP contribution in [-0.2, 0) is 4.79 Å². The Balaban J connectivity index is 2.65. The first kappa shape index (κ1) is 16.8. The van der Waals surface area contributed by atoms with Gasteiger partial charge in [0.2, 0.25) is 0 Å². The molecule has 1 aromatic carbocycles. The number of benzene rings is 1. The van der Waals surface area contributed by atoms with Crippen molar-refractivity contribution in [2.75, 3.05) is 17.3 Å². The summed E-state index contributed by atoms with van der Waals surface area (Å²) in [6.45, 7) is 0. The summed E-state index contributed by atoms with van der Waals surface area (Å²) in [6.07, 6.45) is 2.13. The minimum atomic E-state index is -1.13. The van der Waals surface area contributed by atoms with Crippen molar-refractivity contribution >= 4 is 35.1 Å². The van der Waals surface area contributed by atoms with Gasteiger partial charge in [-0.2, -0.15) is 11.8 Å². The van der Waals surface area contributed by atoms with Gasteiger partial charge in [0.1, 0.15) is 6.04 Å². The predicted octanol–water partition coefficient (Wildman–Crippen LogP) is 1.92. The molecule has 0 aromatic heterocycles. The summed E-state index contributed by atoms with van der Waals surface area (Å²) < 4.78 is 0. The molecule has 1 rings (SSSR count). The van der Waals surface area contributed by atoms with E-state index in [-0.39, 0.29) is 11.4 Å². The fraction of sp³-hybridized carbons (Fsp3) is 0.333. The number of carboxylic acid groups (broad SMARTS) is 1. The second-order valence-electron chi connectivity index (χ2n) is 4.08. The van der Waals surface area contributed by atoms with Gasteiger partial charge in [-0.3, -0.25) is 10.1 Å². The smallest absolute Gasteiger partial charge is 0.326 e. The van der Waals surface area contributed by atoms with E-state index in [2.05, 4.69) is 10.6 Å². The Morgan fingerprint density at radius 2 is 2.19 bits per heavy atom. The Morgan fingerprint density at radius 3 is 2.76 bits per heavy atom. The normalized spacial score (nSPS) is 11.5. The quantitative estimate of drug-likeness (QED) is 0.522. The minimum Gasteiger partial charge on any atom is -0.480 e. The number of carbonyl (C=O) groups excluding carboxylic acids is 1. The number of carbonyl (C=O) groups is 2. The van der Waals surface area contributed by atoms with Crippen molar-refractivity contribution in [3.05, 3.63) is 34.4 Å². The summed E-state index contributed by atoms with van der Waals surface area (Å²) in [6, 6.07) is 3.67. The number of anilines is 1. The summed E-state index contributed by atoms with van der Waals surface area (Å²) >= 11 is 1.47. The van der Waals surface area contributed by atoms with Gasteiger partial charge >= 0.3 is 12.0 Å². The number of thioether (sulfide) groups is 1. The molecule has 0 aliphatic carbocycles. The van der Waals surface area contributed by atoms with Crippen molar-refractivity contribution in [2.24, 2.45) is 0 Å². The maximum absolute atomic E-state index is 11.7. The summed E-state index contributed by atoms with van der Waals surface area (Å²) in [4.78, 5) is 32.7. The van der Waals surface area contributed by atoms with Gasteiger partial charge in [0, 0.05) is 17.8 Å². The first-order valence-electron chi connectivity index (χ1n) is 5.97. The molecule has 0 spiro atoms. The molecular formula is C12H15N3O5S. The maximum atomic E-state index is 11.7. The second kappa shape index (κ2) is 8.10. The zero-order valence-corrected chi connectivity index (χ0v) is 12.1. The lowest BCUT2D eigenvalue weighted by atomic mass is 10.2. The number of rotatable bonds is 7. The molecule has 0 aliphatic rings. The monoisotopic (exact) mass is 313 g/mol. The van der Waals surface area contributed by atoms with Crippen LogP contribution in [0.15, 0.2) is 24.3 Å². The van der Waals surface area contributed by atoms with Gasteiger partial charge in [-0.25, -0.2) is 9.59 Å². The molecule has 9 heteroatoms. The molecule has 3 N–H and O–H groups in total. The molecule has 0 heterocycles. The van der Waals surface area contributed by atoms with E-state index < -0.39 is 23.0 Å². The number of nitro groups is 1.